The average Bonchev–Trinajstić information content (AvgIpc) is 3.47. The second-order valence-electron chi connectivity index (χ2n) is 8.96. The lowest BCUT2D eigenvalue weighted by atomic mass is 9.95. The molecule has 0 bridgehead atoms. The van der Waals surface area contributed by atoms with Crippen LogP contribution in [0.15, 0.2) is 60.7 Å². The normalized spacial score (nSPS) is 16.1. The maximum Gasteiger partial charge on any atom is 0.350 e. The second-order valence-corrected chi connectivity index (χ2v) is 10.4. The van der Waals surface area contributed by atoms with Gasteiger partial charge in [-0.05, 0) is 62.2 Å². The maximum atomic E-state index is 13.6. The van der Waals surface area contributed by atoms with Gasteiger partial charge in [0.25, 0.3) is 5.78 Å². The Morgan fingerprint density at radius 3 is 2.54 bits per heavy atom. The molecule has 0 saturated carbocycles. The largest absolute Gasteiger partial charge is 0.507 e. The lowest BCUT2D eigenvalue weighted by Gasteiger charge is -2.24. The number of carbonyl (C=O) groups excluding carboxylic acids is 3. The number of ketones is 1. The van der Waals surface area contributed by atoms with E-state index in [0.717, 1.165) is 17.8 Å². The van der Waals surface area contributed by atoms with Gasteiger partial charge in [-0.15, -0.1) is 0 Å². The van der Waals surface area contributed by atoms with Crippen LogP contribution < -0.4 is 14.4 Å². The van der Waals surface area contributed by atoms with Crippen LogP contribution in [0.1, 0.15) is 52.8 Å². The van der Waals surface area contributed by atoms with Crippen LogP contribution in [0, 0.1) is 6.92 Å². The smallest absolute Gasteiger partial charge is 0.350 e. The maximum absolute atomic E-state index is 13.6. The number of aromatic nitrogens is 1. The van der Waals surface area contributed by atoms with E-state index in [0.29, 0.717) is 46.6 Å². The lowest BCUT2D eigenvalue weighted by molar-refractivity contribution is -0.132. The summed E-state index contributed by atoms with van der Waals surface area (Å²) in [4.78, 5) is 45.5. The number of benzene rings is 2. The van der Waals surface area contributed by atoms with Gasteiger partial charge in [0, 0.05) is 10.6 Å². The summed E-state index contributed by atoms with van der Waals surface area (Å²) >= 11 is 6.94. The van der Waals surface area contributed by atoms with Crippen molar-refractivity contribution in [2.24, 2.45) is 0 Å². The summed E-state index contributed by atoms with van der Waals surface area (Å²) < 4.78 is 16.8. The molecule has 1 aromatic heterocycles. The van der Waals surface area contributed by atoms with Gasteiger partial charge in [-0.2, -0.15) is 0 Å². The third-order valence-corrected chi connectivity index (χ3v) is 7.50. The zero-order valence-corrected chi connectivity index (χ0v) is 24.4. The molecule has 1 saturated heterocycles. The van der Waals surface area contributed by atoms with Gasteiger partial charge < -0.3 is 19.3 Å². The van der Waals surface area contributed by atoms with Gasteiger partial charge in [0.15, 0.2) is 16.6 Å². The van der Waals surface area contributed by atoms with E-state index in [1.165, 1.54) is 11.0 Å². The number of aliphatic hydroxyl groups is 1. The molecule has 3 aromatic rings. The number of Topliss-reactive ketones (excluding diaryl/α,β-unsaturated/α-hetero) is 1. The Bertz CT molecular complexity index is 1510. The van der Waals surface area contributed by atoms with Crippen LogP contribution in [-0.4, -0.2) is 47.6 Å². The Morgan fingerprint density at radius 1 is 1.15 bits per heavy atom. The van der Waals surface area contributed by atoms with Crippen molar-refractivity contribution in [3.05, 3.63) is 87.4 Å². The average molecular weight is 597 g/mol. The van der Waals surface area contributed by atoms with E-state index in [-0.39, 0.29) is 27.9 Å². The van der Waals surface area contributed by atoms with Crippen molar-refractivity contribution >= 4 is 51.5 Å². The molecule has 1 amide bonds. The Kier molecular flexibility index (Phi) is 9.46. The summed E-state index contributed by atoms with van der Waals surface area (Å²) in [5.41, 5.74) is 0.950. The van der Waals surface area contributed by atoms with Gasteiger partial charge in [0.2, 0.25) is 0 Å². The highest BCUT2D eigenvalue weighted by atomic mass is 35.5. The Balaban J connectivity index is 1.91. The van der Waals surface area contributed by atoms with Crippen molar-refractivity contribution in [2.45, 2.75) is 33.2 Å². The van der Waals surface area contributed by atoms with Crippen molar-refractivity contribution in [3.63, 3.8) is 0 Å². The molecule has 1 unspecified atom stereocenters. The number of anilines is 1. The van der Waals surface area contributed by atoms with Crippen LogP contribution in [0.2, 0.25) is 5.02 Å². The number of esters is 1. The van der Waals surface area contributed by atoms with Gasteiger partial charge in [-0.3, -0.25) is 14.5 Å². The standard InChI is InChI=1S/C30H29ClN2O7S/c1-5-14-39-21-13-10-19(16-22(21)38-7-3)24-23(25(34)18-8-11-20(31)12-9-18)26(35)28(36)33(24)30-32-17(4)27(41-30)29(37)40-15-6-2/h6,8-13,16,24,34H,2,5,7,14-15H2,1,3-4H3. The molecule has 214 valence electrons. The summed E-state index contributed by atoms with van der Waals surface area (Å²) in [5.74, 6) is -1.90. The summed E-state index contributed by atoms with van der Waals surface area (Å²) in [6.07, 6.45) is 2.23. The Hall–Kier alpha value is -4.15. The third-order valence-electron chi connectivity index (χ3n) is 6.12. The fourth-order valence-corrected chi connectivity index (χ4v) is 5.39. The van der Waals surface area contributed by atoms with Crippen LogP contribution in [0.4, 0.5) is 5.13 Å². The Labute approximate surface area is 246 Å². The quantitative estimate of drug-likeness (QED) is 0.0906. The predicted molar refractivity (Wildman–Crippen MR) is 157 cm³/mol. The van der Waals surface area contributed by atoms with Crippen molar-refractivity contribution < 1.29 is 33.7 Å². The minimum atomic E-state index is -1.09. The fourth-order valence-electron chi connectivity index (χ4n) is 4.28. The SMILES string of the molecule is C=CCOC(=O)c1sc(N2C(=O)C(=O)C(=C(O)c3ccc(Cl)cc3)C2c2ccc(OCCC)c(OCC)c2)nc1C. The number of ether oxygens (including phenoxy) is 3. The first-order chi connectivity index (χ1) is 19.7. The van der Waals surface area contributed by atoms with E-state index in [2.05, 4.69) is 11.6 Å². The number of thiazole rings is 1. The number of aliphatic hydroxyl groups excluding tert-OH is 1. The molecule has 1 atom stereocenters. The van der Waals surface area contributed by atoms with Crippen LogP contribution in [0.3, 0.4) is 0 Å². The minimum Gasteiger partial charge on any atom is -0.507 e. The van der Waals surface area contributed by atoms with E-state index in [1.54, 1.807) is 49.4 Å². The highest BCUT2D eigenvalue weighted by Crippen LogP contribution is 2.45. The van der Waals surface area contributed by atoms with E-state index in [4.69, 9.17) is 25.8 Å². The zero-order valence-electron chi connectivity index (χ0n) is 22.8. The fraction of sp³-hybridized carbons (Fsp3) is 0.267. The van der Waals surface area contributed by atoms with E-state index >= 15 is 0 Å². The topological polar surface area (TPSA) is 115 Å². The van der Waals surface area contributed by atoms with E-state index < -0.39 is 23.7 Å². The number of hydrogen-bond acceptors (Lipinski definition) is 9. The van der Waals surface area contributed by atoms with Crippen LogP contribution in [0.5, 0.6) is 11.5 Å². The second kappa shape index (κ2) is 13.0. The number of carbonyl (C=O) groups is 3. The van der Waals surface area contributed by atoms with Crippen LogP contribution in [-0.2, 0) is 14.3 Å². The van der Waals surface area contributed by atoms with E-state index in [1.807, 2.05) is 13.8 Å². The molecule has 1 aliphatic rings. The lowest BCUT2D eigenvalue weighted by Crippen LogP contribution is -2.29. The molecule has 9 nitrogen and oxygen atoms in total. The Morgan fingerprint density at radius 2 is 1.88 bits per heavy atom. The first-order valence-corrected chi connectivity index (χ1v) is 14.1. The summed E-state index contributed by atoms with van der Waals surface area (Å²) in [6.45, 7) is 9.78. The van der Waals surface area contributed by atoms with Crippen LogP contribution >= 0.6 is 22.9 Å². The number of rotatable bonds is 11. The van der Waals surface area contributed by atoms with Crippen molar-refractivity contribution in [2.75, 3.05) is 24.7 Å². The molecule has 1 N–H and O–H groups in total. The monoisotopic (exact) mass is 596 g/mol. The molecule has 4 rings (SSSR count). The zero-order chi connectivity index (χ0) is 29.7. The van der Waals surface area contributed by atoms with Crippen molar-refractivity contribution in [1.82, 2.24) is 4.98 Å². The third kappa shape index (κ3) is 6.13. The summed E-state index contributed by atoms with van der Waals surface area (Å²) in [7, 11) is 0. The summed E-state index contributed by atoms with van der Waals surface area (Å²) in [6, 6.07) is 10.2. The molecule has 0 spiro atoms. The number of amides is 1. The molecule has 11 heteroatoms. The van der Waals surface area contributed by atoms with Crippen molar-refractivity contribution in [3.8, 4) is 11.5 Å². The molecular formula is C30H29ClN2O7S. The first-order valence-electron chi connectivity index (χ1n) is 12.9. The molecule has 0 radical (unpaired) electrons. The van der Waals surface area contributed by atoms with Gasteiger partial charge in [-0.1, -0.05) is 48.6 Å². The molecule has 2 heterocycles. The molecular weight excluding hydrogens is 568 g/mol. The van der Waals surface area contributed by atoms with Gasteiger partial charge in [0.1, 0.15) is 17.2 Å². The molecule has 41 heavy (non-hydrogen) atoms. The highest BCUT2D eigenvalue weighted by Gasteiger charge is 2.48. The number of halogens is 1. The molecule has 1 aliphatic heterocycles. The minimum absolute atomic E-state index is 0.00374. The number of nitrogens with zero attached hydrogens (tertiary/aromatic N) is 2. The first kappa shape index (κ1) is 29.8. The summed E-state index contributed by atoms with van der Waals surface area (Å²) in [5, 5.41) is 11.9. The van der Waals surface area contributed by atoms with Gasteiger partial charge >= 0.3 is 11.9 Å². The molecule has 1 fully saturated rings. The van der Waals surface area contributed by atoms with Crippen molar-refractivity contribution in [1.29, 1.82) is 0 Å². The number of hydrogen-bond donors (Lipinski definition) is 1. The molecule has 0 aliphatic carbocycles. The molecule has 2 aromatic carbocycles. The van der Waals surface area contributed by atoms with Gasteiger partial charge in [0.05, 0.1) is 30.5 Å². The number of aryl methyl sites for hydroxylation is 1. The predicted octanol–water partition coefficient (Wildman–Crippen LogP) is 6.26. The van der Waals surface area contributed by atoms with Crippen LogP contribution in [0.25, 0.3) is 5.76 Å². The van der Waals surface area contributed by atoms with E-state index in [9.17, 15) is 19.5 Å². The highest BCUT2D eigenvalue weighted by molar-refractivity contribution is 7.17. The van der Waals surface area contributed by atoms with Gasteiger partial charge in [-0.25, -0.2) is 9.78 Å².